The van der Waals surface area contributed by atoms with Crippen molar-refractivity contribution in [2.75, 3.05) is 31.5 Å². The van der Waals surface area contributed by atoms with Crippen molar-refractivity contribution in [3.8, 4) is 0 Å². The average molecular weight is 342 g/mol. The summed E-state index contributed by atoms with van der Waals surface area (Å²) in [6, 6.07) is 3.26. The summed E-state index contributed by atoms with van der Waals surface area (Å²) < 4.78 is 38.2. The highest BCUT2D eigenvalue weighted by Gasteiger charge is 2.41. The number of aromatic nitrogens is 3. The minimum atomic E-state index is -4.25. The molecule has 1 aromatic heterocycles. The van der Waals surface area contributed by atoms with Gasteiger partial charge in [0, 0.05) is 31.9 Å². The number of nitrogens with zero attached hydrogens (tertiary/aromatic N) is 4. The first kappa shape index (κ1) is 16.5. The lowest BCUT2D eigenvalue weighted by molar-refractivity contribution is -0.181. The maximum Gasteiger partial charge on any atom is 0.403 e. The molecule has 1 aliphatic rings. The quantitative estimate of drug-likeness (QED) is 0.876. The molecule has 1 fully saturated rings. The van der Waals surface area contributed by atoms with E-state index in [1.54, 1.807) is 18.2 Å². The first-order chi connectivity index (χ1) is 11.3. The lowest BCUT2D eigenvalue weighted by Crippen LogP contribution is -2.55. The molecule has 1 aliphatic heterocycles. The lowest BCUT2D eigenvalue weighted by atomic mass is 10.2. The third-order valence-electron chi connectivity index (χ3n) is 4.19. The van der Waals surface area contributed by atoms with Crippen molar-refractivity contribution >= 4 is 22.8 Å². The van der Waals surface area contributed by atoms with Crippen molar-refractivity contribution in [1.29, 1.82) is 0 Å². The van der Waals surface area contributed by atoms with Gasteiger partial charge in [0.1, 0.15) is 17.1 Å². The Morgan fingerprint density at radius 1 is 1.21 bits per heavy atom. The Morgan fingerprint density at radius 2 is 1.88 bits per heavy atom. The molecule has 0 saturated carbocycles. The molecule has 3 rings (SSSR count). The highest BCUT2D eigenvalue weighted by molar-refractivity contribution is 5.91. The fraction of sp³-hybridized carbons (Fsp3) is 0.500. The Balaban J connectivity index is 1.57. The van der Waals surface area contributed by atoms with Crippen molar-refractivity contribution in [3.05, 3.63) is 18.2 Å². The Hall–Kier alpha value is -2.36. The molecule has 0 radical (unpaired) electrons. The molecule has 1 saturated heterocycles. The van der Waals surface area contributed by atoms with Crippen LogP contribution < -0.4 is 5.32 Å². The molecule has 24 heavy (non-hydrogen) atoms. The zero-order chi connectivity index (χ0) is 17.3. The van der Waals surface area contributed by atoms with E-state index in [4.69, 9.17) is 0 Å². The molecule has 0 aliphatic carbocycles. The SMILES string of the molecule is CC(N1CCN(C(=O)Nc2ccc3n[nH]nc3c2)CC1)C(F)(F)F. The summed E-state index contributed by atoms with van der Waals surface area (Å²) in [7, 11) is 0. The number of piperazine rings is 1. The van der Waals surface area contributed by atoms with Crippen LogP contribution >= 0.6 is 0 Å². The first-order valence-corrected chi connectivity index (χ1v) is 7.52. The molecule has 1 atom stereocenters. The summed E-state index contributed by atoms with van der Waals surface area (Å²) in [6.07, 6.45) is -4.25. The first-order valence-electron chi connectivity index (χ1n) is 7.52. The number of fused-ring (bicyclic) bond motifs is 1. The number of carbonyl (C=O) groups excluding carboxylic acids is 1. The van der Waals surface area contributed by atoms with Crippen LogP contribution in [-0.4, -0.2) is 69.6 Å². The molecule has 1 aromatic carbocycles. The van der Waals surface area contributed by atoms with Gasteiger partial charge in [0.2, 0.25) is 0 Å². The standard InChI is InChI=1S/C14H17F3N6O/c1-9(14(15,16)17)22-4-6-23(7-5-22)13(24)18-10-2-3-11-12(8-10)20-21-19-11/h2-3,8-9H,4-7H2,1H3,(H,18,24)(H,19,20,21). The second-order valence-corrected chi connectivity index (χ2v) is 5.70. The Labute approximate surface area is 135 Å². The predicted octanol–water partition coefficient (Wildman–Crippen LogP) is 2.06. The van der Waals surface area contributed by atoms with Crippen LogP contribution in [0.25, 0.3) is 11.0 Å². The molecule has 2 heterocycles. The normalized spacial score (nSPS) is 17.9. The lowest BCUT2D eigenvalue weighted by Gasteiger charge is -2.38. The summed E-state index contributed by atoms with van der Waals surface area (Å²) >= 11 is 0. The number of rotatable bonds is 2. The number of hydrogen-bond acceptors (Lipinski definition) is 4. The second-order valence-electron chi connectivity index (χ2n) is 5.70. The van der Waals surface area contributed by atoms with Crippen molar-refractivity contribution in [3.63, 3.8) is 0 Å². The average Bonchev–Trinajstić information content (AvgIpc) is 3.01. The maximum absolute atomic E-state index is 12.7. The van der Waals surface area contributed by atoms with Gasteiger partial charge in [-0.1, -0.05) is 0 Å². The van der Waals surface area contributed by atoms with E-state index >= 15 is 0 Å². The number of halogens is 3. The van der Waals surface area contributed by atoms with Gasteiger partial charge in [-0.05, 0) is 25.1 Å². The molecule has 2 N–H and O–H groups in total. The maximum atomic E-state index is 12.7. The van der Waals surface area contributed by atoms with Crippen molar-refractivity contribution in [2.24, 2.45) is 0 Å². The fourth-order valence-electron chi connectivity index (χ4n) is 2.64. The van der Waals surface area contributed by atoms with Crippen LogP contribution in [-0.2, 0) is 0 Å². The number of benzene rings is 1. The number of aromatic amines is 1. The van der Waals surface area contributed by atoms with Gasteiger partial charge in [-0.2, -0.15) is 28.6 Å². The van der Waals surface area contributed by atoms with E-state index in [1.807, 2.05) is 0 Å². The van der Waals surface area contributed by atoms with Gasteiger partial charge >= 0.3 is 12.2 Å². The monoisotopic (exact) mass is 342 g/mol. The van der Waals surface area contributed by atoms with Crippen LogP contribution in [0.4, 0.5) is 23.7 Å². The molecule has 0 spiro atoms. The van der Waals surface area contributed by atoms with E-state index in [0.717, 1.165) is 6.92 Å². The van der Waals surface area contributed by atoms with Crippen molar-refractivity contribution < 1.29 is 18.0 Å². The van der Waals surface area contributed by atoms with E-state index in [2.05, 4.69) is 20.7 Å². The molecule has 130 valence electrons. The molecule has 10 heteroatoms. The van der Waals surface area contributed by atoms with E-state index in [1.165, 1.54) is 9.80 Å². The summed E-state index contributed by atoms with van der Waals surface area (Å²) in [6.45, 7) is 2.02. The number of nitrogens with one attached hydrogen (secondary N) is 2. The van der Waals surface area contributed by atoms with Gasteiger partial charge in [0.25, 0.3) is 0 Å². The van der Waals surface area contributed by atoms with Crippen molar-refractivity contribution in [2.45, 2.75) is 19.1 Å². The molecule has 1 unspecified atom stereocenters. The number of alkyl halides is 3. The molecule has 7 nitrogen and oxygen atoms in total. The summed E-state index contributed by atoms with van der Waals surface area (Å²) in [5.74, 6) is 0. The summed E-state index contributed by atoms with van der Waals surface area (Å²) in [5.41, 5.74) is 1.87. The zero-order valence-electron chi connectivity index (χ0n) is 13.0. The van der Waals surface area contributed by atoms with Gasteiger partial charge in [-0.3, -0.25) is 4.90 Å². The van der Waals surface area contributed by atoms with Crippen molar-refractivity contribution in [1.82, 2.24) is 25.2 Å². The fourth-order valence-corrected chi connectivity index (χ4v) is 2.64. The summed E-state index contributed by atoms with van der Waals surface area (Å²) in [4.78, 5) is 15.1. The Kier molecular flexibility index (Phi) is 4.31. The number of carbonyl (C=O) groups is 1. The van der Waals surface area contributed by atoms with Gasteiger partial charge in [-0.15, -0.1) is 0 Å². The van der Waals surface area contributed by atoms with Crippen LogP contribution in [0.15, 0.2) is 18.2 Å². The third-order valence-corrected chi connectivity index (χ3v) is 4.19. The molecule has 2 aromatic rings. The number of hydrogen-bond donors (Lipinski definition) is 2. The predicted molar refractivity (Wildman–Crippen MR) is 81.6 cm³/mol. The number of H-pyrrole nitrogens is 1. The Morgan fingerprint density at radius 3 is 2.54 bits per heavy atom. The van der Waals surface area contributed by atoms with E-state index in [-0.39, 0.29) is 32.2 Å². The topological polar surface area (TPSA) is 77.1 Å². The molecule has 2 amide bonds. The largest absolute Gasteiger partial charge is 0.403 e. The highest BCUT2D eigenvalue weighted by atomic mass is 19.4. The van der Waals surface area contributed by atoms with Crippen LogP contribution in [0.3, 0.4) is 0 Å². The van der Waals surface area contributed by atoms with Gasteiger partial charge in [-0.25, -0.2) is 4.79 Å². The smallest absolute Gasteiger partial charge is 0.322 e. The second kappa shape index (κ2) is 6.27. The van der Waals surface area contributed by atoms with Crippen LogP contribution in [0.1, 0.15) is 6.92 Å². The minimum Gasteiger partial charge on any atom is -0.322 e. The molecular formula is C14H17F3N6O. The van der Waals surface area contributed by atoms with E-state index in [0.29, 0.717) is 16.7 Å². The molecule has 0 bridgehead atoms. The number of anilines is 1. The van der Waals surface area contributed by atoms with E-state index in [9.17, 15) is 18.0 Å². The third kappa shape index (κ3) is 3.42. The summed E-state index contributed by atoms with van der Waals surface area (Å²) in [5, 5.41) is 13.1. The van der Waals surface area contributed by atoms with Gasteiger partial charge < -0.3 is 10.2 Å². The highest BCUT2D eigenvalue weighted by Crippen LogP contribution is 2.25. The number of amides is 2. The van der Waals surface area contributed by atoms with E-state index < -0.39 is 12.2 Å². The van der Waals surface area contributed by atoms with Gasteiger partial charge in [0.15, 0.2) is 0 Å². The minimum absolute atomic E-state index is 0.191. The number of urea groups is 1. The van der Waals surface area contributed by atoms with Crippen LogP contribution in [0.5, 0.6) is 0 Å². The zero-order valence-corrected chi connectivity index (χ0v) is 13.0. The van der Waals surface area contributed by atoms with Gasteiger partial charge in [0.05, 0.1) is 0 Å². The van der Waals surface area contributed by atoms with Crippen LogP contribution in [0.2, 0.25) is 0 Å². The van der Waals surface area contributed by atoms with Crippen LogP contribution in [0, 0.1) is 0 Å². The Bertz CT molecular complexity index is 723. The molecular weight excluding hydrogens is 325 g/mol.